The average Bonchev–Trinajstić information content (AvgIpc) is 3.57. The van der Waals surface area contributed by atoms with Crippen LogP contribution in [-0.4, -0.2) is 180 Å². The quantitative estimate of drug-likeness (QED) is 0.0624. The largest absolute Gasteiger partial charge is 0.394 e. The molecule has 7 rings (SSSR count). The number of hydrogen-bond acceptors (Lipinski definition) is 18. The minimum atomic E-state index is -1.61. The summed E-state index contributed by atoms with van der Waals surface area (Å²) in [6, 6.07) is 0. The summed E-state index contributed by atoms with van der Waals surface area (Å²) in [5.74, 6) is -0.217. The number of fused-ring (bicyclic) bond motifs is 5. The maximum Gasteiger partial charge on any atom is 0.190 e. The maximum absolute atomic E-state index is 14.9. The van der Waals surface area contributed by atoms with E-state index >= 15 is 0 Å². The summed E-state index contributed by atoms with van der Waals surface area (Å²) < 4.78 is 30.0. The first-order valence-electron chi connectivity index (χ1n) is 23.7. The molecule has 0 aromatic rings. The number of ether oxygens (including phenoxy) is 5. The van der Waals surface area contributed by atoms with Crippen molar-refractivity contribution < 1.29 is 89.3 Å². The Kier molecular flexibility index (Phi) is 15.8. The van der Waals surface area contributed by atoms with E-state index in [0.29, 0.717) is 51.4 Å². The Balaban J connectivity index is 1.08. The topological polar surface area (TPSA) is 284 Å². The van der Waals surface area contributed by atoms with Crippen molar-refractivity contribution in [1.29, 1.82) is 0 Å². The molecular weight excluding hydrogens is 840 g/mol. The van der Waals surface area contributed by atoms with Gasteiger partial charge in [-0.2, -0.15) is 0 Å². The van der Waals surface area contributed by atoms with Crippen LogP contribution in [0, 0.1) is 46.3 Å². The zero-order chi connectivity index (χ0) is 46.7. The van der Waals surface area contributed by atoms with Crippen LogP contribution in [0.2, 0.25) is 0 Å². The van der Waals surface area contributed by atoms with Gasteiger partial charge < -0.3 is 74.7 Å². The van der Waals surface area contributed by atoms with Crippen LogP contribution in [0.5, 0.6) is 0 Å². The summed E-state index contributed by atoms with van der Waals surface area (Å²) in [5, 5.41) is 106. The van der Waals surface area contributed by atoms with Gasteiger partial charge in [0.25, 0.3) is 0 Å². The Hall–Kier alpha value is -1.27. The van der Waals surface area contributed by atoms with E-state index in [-0.39, 0.29) is 46.7 Å². The van der Waals surface area contributed by atoms with E-state index in [1.807, 2.05) is 20.8 Å². The van der Waals surface area contributed by atoms with Crippen molar-refractivity contribution in [3.8, 4) is 0 Å². The van der Waals surface area contributed by atoms with Crippen molar-refractivity contribution in [2.75, 3.05) is 13.2 Å². The van der Waals surface area contributed by atoms with Gasteiger partial charge in [0.2, 0.25) is 0 Å². The predicted molar refractivity (Wildman–Crippen MR) is 223 cm³/mol. The molecule has 0 aromatic carbocycles. The number of hydrogen-bond donors (Lipinski definition) is 10. The molecule has 3 heterocycles. The summed E-state index contributed by atoms with van der Waals surface area (Å²) in [5.41, 5.74) is -0.0463. The van der Waals surface area contributed by atoms with Gasteiger partial charge in [0.05, 0.1) is 43.7 Å². The lowest BCUT2D eigenvalue weighted by Gasteiger charge is -2.57. The third kappa shape index (κ3) is 9.17. The van der Waals surface area contributed by atoms with E-state index in [4.69, 9.17) is 33.5 Å². The Morgan fingerprint density at radius 3 is 2.05 bits per heavy atom. The van der Waals surface area contributed by atoms with Crippen LogP contribution in [0.15, 0.2) is 11.6 Å². The molecule has 4 aliphatic carbocycles. The number of carbonyl (C=O) groups is 1. The molecule has 3 aliphatic heterocycles. The highest BCUT2D eigenvalue weighted by atomic mass is 17.2. The van der Waals surface area contributed by atoms with E-state index in [1.165, 1.54) is 6.92 Å². The van der Waals surface area contributed by atoms with E-state index in [9.17, 15) is 55.9 Å². The first kappa shape index (κ1) is 50.6. The molecule has 7 aliphatic rings. The highest BCUT2D eigenvalue weighted by Gasteiger charge is 2.66. The number of carbonyl (C=O) groups excluding carboxylic acids is 1. The van der Waals surface area contributed by atoms with Gasteiger partial charge in [-0.3, -0.25) is 4.79 Å². The number of aliphatic hydroxyl groups excluding tert-OH is 10. The summed E-state index contributed by atoms with van der Waals surface area (Å²) in [6.45, 7) is 12.2. The van der Waals surface area contributed by atoms with E-state index < -0.39 is 129 Å². The smallest absolute Gasteiger partial charge is 0.190 e. The number of Topliss-reactive ketones (excluding diaryl/α,β-unsaturated/α-hetero) is 1. The second-order valence-electron chi connectivity index (χ2n) is 21.0. The lowest BCUT2D eigenvalue weighted by Crippen LogP contribution is -2.64. The molecule has 0 aromatic heterocycles. The molecule has 3 saturated carbocycles. The first-order chi connectivity index (χ1) is 30.2. The molecule has 64 heavy (non-hydrogen) atoms. The van der Waals surface area contributed by atoms with Crippen molar-refractivity contribution in [2.45, 2.75) is 210 Å². The fourth-order valence-corrected chi connectivity index (χ4v) is 12.8. The molecule has 0 spiro atoms. The first-order valence-corrected chi connectivity index (χ1v) is 23.7. The van der Waals surface area contributed by atoms with Crippen LogP contribution in [0.4, 0.5) is 0 Å². The maximum atomic E-state index is 14.9. The molecule has 18 nitrogen and oxygen atoms in total. The second kappa shape index (κ2) is 20.0. The number of rotatable bonds is 14. The molecule has 0 radical (unpaired) electrons. The van der Waals surface area contributed by atoms with Crippen LogP contribution < -0.4 is 0 Å². The standard InChI is InChI=1S/C46H76O18/c1-19(2)28(49)11-8-20(3)33-29(60-43-40(57)37(54)36(53)30(17-47)61-43)15-27-25-10-9-23-14-24(12-13-45(23,6)26(25)16-32(50)46(27,33)7)63-64-42-39(56)35(52)22(5)59-44(42)62-41-31(18-48)58-21(4)34(51)38(41)55/h9,19-22,24-31,33-44,47-49,51-57H,8,10-18H2,1-7H3. The number of ketones is 1. The third-order valence-corrected chi connectivity index (χ3v) is 17.0. The van der Waals surface area contributed by atoms with Gasteiger partial charge in [-0.15, -0.1) is 0 Å². The van der Waals surface area contributed by atoms with Crippen molar-refractivity contribution in [3.05, 3.63) is 11.6 Å². The number of aliphatic hydroxyl groups is 10. The minimum Gasteiger partial charge on any atom is -0.394 e. The van der Waals surface area contributed by atoms with Gasteiger partial charge in [0.15, 0.2) is 18.7 Å². The average molecular weight is 917 g/mol. The molecular formula is C46H76O18. The van der Waals surface area contributed by atoms with Gasteiger partial charge in [-0.25, -0.2) is 9.78 Å². The lowest BCUT2D eigenvalue weighted by atomic mass is 9.46. The summed E-state index contributed by atoms with van der Waals surface area (Å²) in [7, 11) is 0. The Morgan fingerprint density at radius 1 is 0.734 bits per heavy atom. The fourth-order valence-electron chi connectivity index (χ4n) is 12.8. The fraction of sp³-hybridized carbons (Fsp3) is 0.935. The highest BCUT2D eigenvalue weighted by molar-refractivity contribution is 5.87. The Morgan fingerprint density at radius 2 is 1.39 bits per heavy atom. The second-order valence-corrected chi connectivity index (χ2v) is 21.0. The van der Waals surface area contributed by atoms with E-state index in [1.54, 1.807) is 6.92 Å². The zero-order valence-electron chi connectivity index (χ0n) is 38.2. The van der Waals surface area contributed by atoms with Crippen LogP contribution >= 0.6 is 0 Å². The Bertz CT molecular complexity index is 1610. The van der Waals surface area contributed by atoms with Gasteiger partial charge in [-0.05, 0) is 93.8 Å². The van der Waals surface area contributed by atoms with E-state index in [2.05, 4.69) is 19.9 Å². The summed E-state index contributed by atoms with van der Waals surface area (Å²) >= 11 is 0. The van der Waals surface area contributed by atoms with Crippen LogP contribution in [0.3, 0.4) is 0 Å². The molecule has 6 fully saturated rings. The summed E-state index contributed by atoms with van der Waals surface area (Å²) in [6.07, 6.45) is -14.6. The van der Waals surface area contributed by atoms with Crippen molar-refractivity contribution >= 4 is 5.78 Å². The molecule has 368 valence electrons. The van der Waals surface area contributed by atoms with Crippen LogP contribution in [0.1, 0.15) is 99.8 Å². The molecule has 3 saturated heterocycles. The van der Waals surface area contributed by atoms with Gasteiger partial charge in [0, 0.05) is 17.8 Å². The van der Waals surface area contributed by atoms with Gasteiger partial charge in [-0.1, -0.05) is 46.3 Å². The SMILES string of the molecule is CC(C)C(O)CCC(C)C1C(OC2OC(CO)C(O)C(O)C2O)CC2C3CC=C4CC(OOC5C(OC6C(CO)OC(C)C(O)C6O)OC(C)C(O)C5O)CCC4(C)C3CC(=O)C21C. The highest BCUT2D eigenvalue weighted by Crippen LogP contribution is 2.67. The van der Waals surface area contributed by atoms with Gasteiger partial charge >= 0.3 is 0 Å². The molecule has 25 atom stereocenters. The van der Waals surface area contributed by atoms with Crippen LogP contribution in [0.25, 0.3) is 0 Å². The van der Waals surface area contributed by atoms with Gasteiger partial charge in [0.1, 0.15) is 66.8 Å². The van der Waals surface area contributed by atoms with Crippen molar-refractivity contribution in [2.24, 2.45) is 46.3 Å². The lowest BCUT2D eigenvalue weighted by molar-refractivity contribution is -0.429. The number of allylic oxidation sites excluding steroid dienone is 1. The normalized spacial score (nSPS) is 50.6. The summed E-state index contributed by atoms with van der Waals surface area (Å²) in [4.78, 5) is 26.8. The molecule has 0 bridgehead atoms. The van der Waals surface area contributed by atoms with Crippen LogP contribution in [-0.2, 0) is 38.3 Å². The molecule has 0 amide bonds. The molecule has 10 N–H and O–H groups in total. The third-order valence-electron chi connectivity index (χ3n) is 17.0. The predicted octanol–water partition coefficient (Wildman–Crippen LogP) is 0.0112. The zero-order valence-corrected chi connectivity index (χ0v) is 38.2. The van der Waals surface area contributed by atoms with Crippen molar-refractivity contribution in [1.82, 2.24) is 0 Å². The molecule has 18 heteroatoms. The van der Waals surface area contributed by atoms with E-state index in [0.717, 1.165) is 5.57 Å². The van der Waals surface area contributed by atoms with Crippen molar-refractivity contribution in [3.63, 3.8) is 0 Å². The molecule has 25 unspecified atom stereocenters. The monoisotopic (exact) mass is 917 g/mol. The minimum absolute atomic E-state index is 0.00525. The Labute approximate surface area is 375 Å².